The van der Waals surface area contributed by atoms with Gasteiger partial charge in [-0.1, -0.05) is 66.4 Å². The Kier molecular flexibility index (Phi) is 15.0. The summed E-state index contributed by atoms with van der Waals surface area (Å²) in [5.41, 5.74) is 0.996. The van der Waals surface area contributed by atoms with Crippen molar-refractivity contribution in [3.8, 4) is 11.5 Å². The van der Waals surface area contributed by atoms with Crippen molar-refractivity contribution in [2.24, 2.45) is 17.3 Å². The van der Waals surface area contributed by atoms with E-state index in [0.717, 1.165) is 69.4 Å². The maximum atomic E-state index is 13.2. The third-order valence-electron chi connectivity index (χ3n) is 7.08. The third kappa shape index (κ3) is 9.48. The first kappa shape index (κ1) is 30.3. The van der Waals surface area contributed by atoms with E-state index >= 15 is 0 Å². The van der Waals surface area contributed by atoms with E-state index in [1.807, 2.05) is 6.07 Å². The normalized spacial score (nSPS) is 11.8. The minimum absolute atomic E-state index is 0.252. The van der Waals surface area contributed by atoms with Crippen LogP contribution in [0.5, 0.6) is 11.5 Å². The van der Waals surface area contributed by atoms with E-state index in [1.54, 1.807) is 14.2 Å². The van der Waals surface area contributed by atoms with Crippen LogP contribution in [0.4, 0.5) is 0 Å². The van der Waals surface area contributed by atoms with Gasteiger partial charge < -0.3 is 19.5 Å². The Labute approximate surface area is 209 Å². The number of methoxy groups -OCH3 is 2. The fourth-order valence-corrected chi connectivity index (χ4v) is 4.90. The van der Waals surface area contributed by atoms with Gasteiger partial charge in [-0.2, -0.15) is 0 Å². The summed E-state index contributed by atoms with van der Waals surface area (Å²) in [5.74, 6) is 2.50. The molecule has 0 spiro atoms. The molecule has 5 nitrogen and oxygen atoms in total. The lowest BCUT2D eigenvalue weighted by Gasteiger charge is -2.40. The van der Waals surface area contributed by atoms with Gasteiger partial charge in [-0.15, -0.1) is 0 Å². The van der Waals surface area contributed by atoms with Gasteiger partial charge in [0, 0.05) is 26.7 Å². The van der Waals surface area contributed by atoms with Crippen molar-refractivity contribution in [2.45, 2.75) is 92.4 Å². The number of ether oxygens (including phenoxy) is 3. The van der Waals surface area contributed by atoms with E-state index in [2.05, 4.69) is 52.1 Å². The summed E-state index contributed by atoms with van der Waals surface area (Å²) < 4.78 is 16.5. The summed E-state index contributed by atoms with van der Waals surface area (Å²) in [6, 6.07) is 6.23. The first-order valence-electron chi connectivity index (χ1n) is 13.4. The van der Waals surface area contributed by atoms with Crippen LogP contribution in [-0.4, -0.2) is 39.9 Å². The number of unbranched alkanes of at least 4 members (excludes halogenated alkanes) is 4. The molecule has 0 aliphatic carbocycles. The van der Waals surface area contributed by atoms with Crippen LogP contribution < -0.4 is 14.8 Å². The van der Waals surface area contributed by atoms with Gasteiger partial charge in [-0.3, -0.25) is 4.79 Å². The summed E-state index contributed by atoms with van der Waals surface area (Å²) in [6.45, 7) is 13.1. The molecule has 0 radical (unpaired) electrons. The van der Waals surface area contributed by atoms with Gasteiger partial charge in [0.1, 0.15) is 0 Å². The van der Waals surface area contributed by atoms with Gasteiger partial charge >= 0.3 is 0 Å². The van der Waals surface area contributed by atoms with Crippen LogP contribution in [0.25, 0.3) is 0 Å². The molecule has 0 atom stereocenters. The second-order valence-electron chi connectivity index (χ2n) is 10.1. The average Bonchev–Trinajstić information content (AvgIpc) is 2.81. The van der Waals surface area contributed by atoms with Crippen molar-refractivity contribution in [3.63, 3.8) is 0 Å². The molecular weight excluding hydrogens is 426 g/mol. The monoisotopic (exact) mass is 477 g/mol. The molecule has 0 aromatic heterocycles. The lowest BCUT2D eigenvalue weighted by molar-refractivity contribution is -0.137. The molecule has 0 saturated carbocycles. The molecule has 5 heteroatoms. The molecule has 0 aliphatic heterocycles. The number of nitrogens with one attached hydrogen (secondary N) is 1. The number of aryl methyl sites for hydroxylation is 1. The Morgan fingerprint density at radius 2 is 1.62 bits per heavy atom. The highest BCUT2D eigenvalue weighted by molar-refractivity contribution is 5.83. The fourth-order valence-electron chi connectivity index (χ4n) is 4.90. The molecule has 1 amide bonds. The number of rotatable bonds is 19. The summed E-state index contributed by atoms with van der Waals surface area (Å²) in [7, 11) is 3.38. The molecule has 0 saturated heterocycles. The zero-order chi connectivity index (χ0) is 25.4. The first-order chi connectivity index (χ1) is 16.3. The predicted octanol–water partition coefficient (Wildman–Crippen LogP) is 6.82. The smallest absolute Gasteiger partial charge is 0.226 e. The molecule has 0 aliphatic rings. The zero-order valence-corrected chi connectivity index (χ0v) is 23.0. The molecule has 0 heterocycles. The number of carbonyl (C=O) groups excluding carboxylic acids is 1. The summed E-state index contributed by atoms with van der Waals surface area (Å²) in [6.07, 6.45) is 9.53. The minimum atomic E-state index is -0.279. The van der Waals surface area contributed by atoms with Crippen LogP contribution in [-0.2, 0) is 16.0 Å². The van der Waals surface area contributed by atoms with Crippen LogP contribution in [0.15, 0.2) is 18.2 Å². The van der Waals surface area contributed by atoms with Gasteiger partial charge in [0.15, 0.2) is 11.5 Å². The van der Waals surface area contributed by atoms with Crippen LogP contribution in [0.2, 0.25) is 0 Å². The lowest BCUT2D eigenvalue weighted by Crippen LogP contribution is -2.48. The molecule has 0 unspecified atom stereocenters. The van der Waals surface area contributed by atoms with E-state index in [4.69, 9.17) is 14.2 Å². The standard InChI is InChI=1S/C29H51NO4/c1-8-9-19-30-28(31)29(23(2)3,24(4)5)18-13-11-10-12-15-25-16-17-26(33-7)27(22-25)34-21-14-20-32-6/h16-17,22-24H,8-15,18-21H2,1-7H3,(H,30,31). The number of carbonyl (C=O) groups is 1. The summed E-state index contributed by atoms with van der Waals surface area (Å²) in [4.78, 5) is 13.2. The summed E-state index contributed by atoms with van der Waals surface area (Å²) in [5, 5.41) is 3.23. The van der Waals surface area contributed by atoms with Gasteiger partial charge in [-0.25, -0.2) is 0 Å². The highest BCUT2D eigenvalue weighted by Crippen LogP contribution is 2.41. The van der Waals surface area contributed by atoms with Crippen LogP contribution >= 0.6 is 0 Å². The van der Waals surface area contributed by atoms with Crippen LogP contribution in [0.3, 0.4) is 0 Å². The maximum Gasteiger partial charge on any atom is 0.226 e. The molecule has 196 valence electrons. The number of hydrogen-bond acceptors (Lipinski definition) is 4. The van der Waals surface area contributed by atoms with E-state index in [0.29, 0.717) is 25.0 Å². The fraction of sp³-hybridized carbons (Fsp3) is 0.759. The first-order valence-corrected chi connectivity index (χ1v) is 13.4. The Morgan fingerprint density at radius 1 is 0.912 bits per heavy atom. The van der Waals surface area contributed by atoms with Crippen molar-refractivity contribution < 1.29 is 19.0 Å². The van der Waals surface area contributed by atoms with Crippen molar-refractivity contribution in [1.82, 2.24) is 5.32 Å². The molecule has 34 heavy (non-hydrogen) atoms. The highest BCUT2D eigenvalue weighted by Gasteiger charge is 2.43. The second-order valence-corrected chi connectivity index (χ2v) is 10.1. The Morgan fingerprint density at radius 3 is 2.24 bits per heavy atom. The second kappa shape index (κ2) is 16.8. The third-order valence-corrected chi connectivity index (χ3v) is 7.08. The molecular formula is C29H51NO4. The van der Waals surface area contributed by atoms with Crippen molar-refractivity contribution in [2.75, 3.05) is 34.0 Å². The lowest BCUT2D eigenvalue weighted by atomic mass is 9.65. The van der Waals surface area contributed by atoms with Crippen molar-refractivity contribution >= 4 is 5.91 Å². The van der Waals surface area contributed by atoms with E-state index in [9.17, 15) is 4.79 Å². The predicted molar refractivity (Wildman–Crippen MR) is 142 cm³/mol. The molecule has 0 bridgehead atoms. The Hall–Kier alpha value is -1.75. The van der Waals surface area contributed by atoms with Gasteiger partial charge in [0.25, 0.3) is 0 Å². The van der Waals surface area contributed by atoms with E-state index in [-0.39, 0.29) is 11.3 Å². The molecule has 1 aromatic rings. The number of amides is 1. The van der Waals surface area contributed by atoms with E-state index in [1.165, 1.54) is 12.0 Å². The van der Waals surface area contributed by atoms with Crippen LogP contribution in [0, 0.1) is 17.3 Å². The van der Waals surface area contributed by atoms with Crippen LogP contribution in [0.1, 0.15) is 91.5 Å². The molecule has 1 aromatic carbocycles. The highest BCUT2D eigenvalue weighted by atomic mass is 16.5. The minimum Gasteiger partial charge on any atom is -0.493 e. The van der Waals surface area contributed by atoms with E-state index < -0.39 is 0 Å². The average molecular weight is 478 g/mol. The number of hydrogen-bond donors (Lipinski definition) is 1. The SMILES string of the molecule is CCCCNC(=O)C(CCCCCCc1ccc(OC)c(OCCCOC)c1)(C(C)C)C(C)C. The van der Waals surface area contributed by atoms with Crippen molar-refractivity contribution in [1.29, 1.82) is 0 Å². The largest absolute Gasteiger partial charge is 0.493 e. The van der Waals surface area contributed by atoms with Crippen molar-refractivity contribution in [3.05, 3.63) is 23.8 Å². The number of benzene rings is 1. The topological polar surface area (TPSA) is 56.8 Å². The molecule has 1 N–H and O–H groups in total. The zero-order valence-electron chi connectivity index (χ0n) is 23.0. The quantitative estimate of drug-likeness (QED) is 0.222. The summed E-state index contributed by atoms with van der Waals surface area (Å²) >= 11 is 0. The van der Waals surface area contributed by atoms with Gasteiger partial charge in [-0.05, 0) is 55.2 Å². The Bertz CT molecular complexity index is 679. The molecule has 0 fully saturated rings. The van der Waals surface area contributed by atoms with Gasteiger partial charge in [0.2, 0.25) is 5.91 Å². The maximum absolute atomic E-state index is 13.2. The van der Waals surface area contributed by atoms with Gasteiger partial charge in [0.05, 0.1) is 19.1 Å². The Balaban J connectivity index is 2.55. The molecule has 1 rings (SSSR count).